The van der Waals surface area contributed by atoms with Crippen molar-refractivity contribution >= 4 is 17.8 Å². The summed E-state index contributed by atoms with van der Waals surface area (Å²) in [6.07, 6.45) is 2.07. The van der Waals surface area contributed by atoms with Gasteiger partial charge in [-0.2, -0.15) is 0 Å². The molecule has 2 N–H and O–H groups in total. The number of nitrogens with zero attached hydrogens (tertiary/aromatic N) is 3. The molecule has 1 aliphatic rings. The third-order valence-electron chi connectivity index (χ3n) is 4.45. The van der Waals surface area contributed by atoms with Crippen molar-refractivity contribution in [1.82, 2.24) is 14.4 Å². The van der Waals surface area contributed by atoms with Gasteiger partial charge in [0.2, 0.25) is 0 Å². The average molecular weight is 403 g/mol. The molecule has 1 saturated heterocycles. The van der Waals surface area contributed by atoms with E-state index in [4.69, 9.17) is 24.5 Å². The molecule has 3 rings (SSSR count). The zero-order valence-electron chi connectivity index (χ0n) is 16.2. The third-order valence-corrected chi connectivity index (χ3v) is 4.45. The molecule has 0 bridgehead atoms. The highest BCUT2D eigenvalue weighted by molar-refractivity contribution is 6.27. The highest BCUT2D eigenvalue weighted by atomic mass is 16.5. The van der Waals surface area contributed by atoms with Crippen LogP contribution >= 0.6 is 0 Å². The Balaban J connectivity index is 0.000000438. The van der Waals surface area contributed by atoms with Crippen LogP contribution in [0.25, 0.3) is 0 Å². The monoisotopic (exact) mass is 403 g/mol. The highest BCUT2D eigenvalue weighted by Gasteiger charge is 2.21. The van der Waals surface area contributed by atoms with E-state index in [0.29, 0.717) is 0 Å². The van der Waals surface area contributed by atoms with Crippen molar-refractivity contribution in [2.75, 3.05) is 32.8 Å². The number of carboxylic acids is 2. The van der Waals surface area contributed by atoms with Gasteiger partial charge in [-0.25, -0.2) is 9.59 Å². The number of benzene rings is 1. The lowest BCUT2D eigenvalue weighted by Crippen LogP contribution is -2.49. The summed E-state index contributed by atoms with van der Waals surface area (Å²) in [6, 6.07) is 13.7. The predicted octanol–water partition coefficient (Wildman–Crippen LogP) is 0.904. The first kappa shape index (κ1) is 22.0. The minimum atomic E-state index is -1.82. The van der Waals surface area contributed by atoms with Gasteiger partial charge in [0.25, 0.3) is 5.91 Å². The number of carbonyl (C=O) groups is 3. The maximum Gasteiger partial charge on any atom is 0.414 e. The Morgan fingerprint density at radius 2 is 1.55 bits per heavy atom. The minimum Gasteiger partial charge on any atom is -0.484 e. The van der Waals surface area contributed by atoms with Gasteiger partial charge >= 0.3 is 11.9 Å². The Hall–Kier alpha value is -3.33. The van der Waals surface area contributed by atoms with Gasteiger partial charge < -0.3 is 24.4 Å². The molecule has 0 radical (unpaired) electrons. The van der Waals surface area contributed by atoms with Gasteiger partial charge in [0.1, 0.15) is 5.75 Å². The lowest BCUT2D eigenvalue weighted by Gasteiger charge is -2.34. The number of ether oxygens (including phenoxy) is 1. The fraction of sp³-hybridized carbons (Fsp3) is 0.350. The van der Waals surface area contributed by atoms with E-state index in [1.807, 2.05) is 35.2 Å². The Bertz CT molecular complexity index is 801. The van der Waals surface area contributed by atoms with Crippen LogP contribution in [0.2, 0.25) is 0 Å². The molecule has 0 saturated carbocycles. The maximum absolute atomic E-state index is 12.2. The van der Waals surface area contributed by atoms with Crippen LogP contribution in [0.5, 0.6) is 5.75 Å². The van der Waals surface area contributed by atoms with E-state index in [0.717, 1.165) is 38.5 Å². The molecular weight excluding hydrogens is 378 g/mol. The van der Waals surface area contributed by atoms with E-state index in [-0.39, 0.29) is 12.5 Å². The number of piperazine rings is 1. The Labute approximate surface area is 168 Å². The first-order valence-corrected chi connectivity index (χ1v) is 9.11. The van der Waals surface area contributed by atoms with Gasteiger partial charge in [-0.15, -0.1) is 0 Å². The third kappa shape index (κ3) is 7.30. The van der Waals surface area contributed by atoms with Crippen molar-refractivity contribution in [1.29, 1.82) is 0 Å². The molecule has 9 heteroatoms. The normalized spacial score (nSPS) is 13.9. The molecular formula is C20H25N3O6. The van der Waals surface area contributed by atoms with Crippen LogP contribution in [0.1, 0.15) is 5.69 Å². The SMILES string of the molecule is Cn1cccc1CN1CCN(C(=O)COc2ccccc2)CC1.O=C(O)C(=O)O. The average Bonchev–Trinajstić information content (AvgIpc) is 3.12. The molecule has 0 aliphatic carbocycles. The molecule has 29 heavy (non-hydrogen) atoms. The molecule has 9 nitrogen and oxygen atoms in total. The maximum atomic E-state index is 12.2. The number of hydrogen-bond acceptors (Lipinski definition) is 5. The van der Waals surface area contributed by atoms with E-state index in [1.165, 1.54) is 5.69 Å². The first-order valence-electron chi connectivity index (χ1n) is 9.11. The summed E-state index contributed by atoms with van der Waals surface area (Å²) in [5, 5.41) is 14.8. The fourth-order valence-corrected chi connectivity index (χ4v) is 2.80. The van der Waals surface area contributed by atoms with Gasteiger partial charge in [0.15, 0.2) is 6.61 Å². The van der Waals surface area contributed by atoms with Crippen LogP contribution in [0.3, 0.4) is 0 Å². The highest BCUT2D eigenvalue weighted by Crippen LogP contribution is 2.11. The number of rotatable bonds is 5. The predicted molar refractivity (Wildman–Crippen MR) is 104 cm³/mol. The Morgan fingerprint density at radius 1 is 0.931 bits per heavy atom. The molecule has 2 heterocycles. The van der Waals surface area contributed by atoms with E-state index in [2.05, 4.69) is 34.8 Å². The topological polar surface area (TPSA) is 112 Å². The summed E-state index contributed by atoms with van der Waals surface area (Å²) in [5.74, 6) is -2.85. The van der Waals surface area contributed by atoms with Gasteiger partial charge in [-0.1, -0.05) is 18.2 Å². The Kier molecular flexibility index (Phi) is 8.23. The molecule has 156 valence electrons. The largest absolute Gasteiger partial charge is 0.484 e. The lowest BCUT2D eigenvalue weighted by molar-refractivity contribution is -0.159. The first-order chi connectivity index (χ1) is 13.9. The number of hydrogen-bond donors (Lipinski definition) is 2. The molecule has 0 spiro atoms. The second-order valence-electron chi connectivity index (χ2n) is 6.48. The molecule has 0 atom stereocenters. The second-order valence-corrected chi connectivity index (χ2v) is 6.48. The van der Waals surface area contributed by atoms with Crippen molar-refractivity contribution in [2.45, 2.75) is 6.54 Å². The lowest BCUT2D eigenvalue weighted by atomic mass is 10.3. The zero-order valence-corrected chi connectivity index (χ0v) is 16.2. The number of carbonyl (C=O) groups excluding carboxylic acids is 1. The minimum absolute atomic E-state index is 0.0624. The van der Waals surface area contributed by atoms with Crippen LogP contribution < -0.4 is 4.74 Å². The molecule has 1 fully saturated rings. The molecule has 1 aromatic carbocycles. The van der Waals surface area contributed by atoms with Gasteiger partial charge in [-0.3, -0.25) is 9.69 Å². The molecule has 1 aromatic heterocycles. The summed E-state index contributed by atoms with van der Waals surface area (Å²) >= 11 is 0. The summed E-state index contributed by atoms with van der Waals surface area (Å²) < 4.78 is 7.68. The summed E-state index contributed by atoms with van der Waals surface area (Å²) in [6.45, 7) is 4.39. The standard InChI is InChI=1S/C18H23N3O2.C2H2O4/c1-19-9-5-6-16(19)14-20-10-12-21(13-11-20)18(22)15-23-17-7-3-2-4-8-17;3-1(4)2(5)6/h2-9H,10-15H2,1H3;(H,3,4)(H,5,6). The Morgan fingerprint density at radius 3 is 2.07 bits per heavy atom. The van der Waals surface area contributed by atoms with Crippen LogP contribution in [-0.4, -0.2) is 75.2 Å². The number of carboxylic acid groups (broad SMARTS) is 2. The quantitative estimate of drug-likeness (QED) is 0.714. The summed E-state index contributed by atoms with van der Waals surface area (Å²) in [5.41, 5.74) is 1.30. The van der Waals surface area contributed by atoms with Crippen molar-refractivity contribution in [3.63, 3.8) is 0 Å². The van der Waals surface area contributed by atoms with Gasteiger partial charge in [-0.05, 0) is 24.3 Å². The smallest absolute Gasteiger partial charge is 0.414 e. The van der Waals surface area contributed by atoms with Gasteiger partial charge in [0, 0.05) is 51.7 Å². The zero-order chi connectivity index (χ0) is 21.2. The molecule has 0 unspecified atom stereocenters. The van der Waals surface area contributed by atoms with Crippen molar-refractivity contribution < 1.29 is 29.3 Å². The second kappa shape index (κ2) is 10.9. The number of para-hydroxylation sites is 1. The van der Waals surface area contributed by atoms with Crippen molar-refractivity contribution in [2.24, 2.45) is 7.05 Å². The van der Waals surface area contributed by atoms with Crippen molar-refractivity contribution in [3.05, 3.63) is 54.4 Å². The van der Waals surface area contributed by atoms with Crippen LogP contribution in [0, 0.1) is 0 Å². The van der Waals surface area contributed by atoms with Crippen molar-refractivity contribution in [3.8, 4) is 5.75 Å². The molecule has 1 amide bonds. The number of aliphatic carboxylic acids is 2. The van der Waals surface area contributed by atoms with E-state index in [9.17, 15) is 4.79 Å². The molecule has 1 aliphatic heterocycles. The van der Waals surface area contributed by atoms with E-state index >= 15 is 0 Å². The van der Waals surface area contributed by atoms with Crippen LogP contribution in [-0.2, 0) is 28.0 Å². The van der Waals surface area contributed by atoms with E-state index < -0.39 is 11.9 Å². The fourth-order valence-electron chi connectivity index (χ4n) is 2.80. The van der Waals surface area contributed by atoms with Crippen LogP contribution in [0.4, 0.5) is 0 Å². The van der Waals surface area contributed by atoms with E-state index in [1.54, 1.807) is 0 Å². The van der Waals surface area contributed by atoms with Gasteiger partial charge in [0.05, 0.1) is 0 Å². The number of aryl methyl sites for hydroxylation is 1. The summed E-state index contributed by atoms with van der Waals surface area (Å²) in [4.78, 5) is 34.7. The number of amides is 1. The van der Waals surface area contributed by atoms with Crippen LogP contribution in [0.15, 0.2) is 48.7 Å². The summed E-state index contributed by atoms with van der Waals surface area (Å²) in [7, 11) is 2.07. The number of aromatic nitrogens is 1. The molecule has 2 aromatic rings.